The summed E-state index contributed by atoms with van der Waals surface area (Å²) in [6.07, 6.45) is 11.4. The lowest BCUT2D eigenvalue weighted by atomic mass is 10.1. The molecule has 0 saturated carbocycles. The van der Waals surface area contributed by atoms with Crippen LogP contribution in [-0.4, -0.2) is 74.7 Å². The van der Waals surface area contributed by atoms with E-state index in [4.69, 9.17) is 9.72 Å². The van der Waals surface area contributed by atoms with E-state index >= 15 is 0 Å². The molecule has 0 bridgehead atoms. The second kappa shape index (κ2) is 15.8. The van der Waals surface area contributed by atoms with Crippen molar-refractivity contribution < 1.29 is 23.4 Å². The van der Waals surface area contributed by atoms with Crippen LogP contribution in [0.25, 0.3) is 11.3 Å². The predicted molar refractivity (Wildman–Crippen MR) is 167 cm³/mol. The Morgan fingerprint density at radius 3 is 2.62 bits per heavy atom. The average Bonchev–Trinajstić information content (AvgIpc) is 3.04. The number of rotatable bonds is 16. The van der Waals surface area contributed by atoms with Crippen LogP contribution in [0.15, 0.2) is 67.3 Å². The number of hydrogen-bond acceptors (Lipinski definition) is 9. The van der Waals surface area contributed by atoms with Gasteiger partial charge >= 0.3 is 5.97 Å². The summed E-state index contributed by atoms with van der Waals surface area (Å²) in [4.78, 5) is 31.9. The number of halogens is 2. The van der Waals surface area contributed by atoms with Gasteiger partial charge in [-0.1, -0.05) is 6.07 Å². The molecule has 0 aliphatic carbocycles. The van der Waals surface area contributed by atoms with Crippen LogP contribution < -0.4 is 15.4 Å². The molecule has 5 rings (SSSR count). The fourth-order valence-electron chi connectivity index (χ4n) is 5.23. The maximum Gasteiger partial charge on any atom is 0.326 e. The van der Waals surface area contributed by atoms with Crippen molar-refractivity contribution in [2.45, 2.75) is 44.6 Å². The van der Waals surface area contributed by atoms with Gasteiger partial charge in [-0.3, -0.25) is 14.9 Å². The van der Waals surface area contributed by atoms with Gasteiger partial charge in [0.05, 0.1) is 18.1 Å². The van der Waals surface area contributed by atoms with E-state index in [9.17, 15) is 18.7 Å². The molecule has 0 radical (unpaired) electrons. The van der Waals surface area contributed by atoms with Crippen molar-refractivity contribution in [3.05, 3.63) is 90.1 Å². The maximum atomic E-state index is 13.6. The molecule has 3 aromatic heterocycles. The van der Waals surface area contributed by atoms with Crippen LogP contribution in [0.4, 0.5) is 20.4 Å². The number of ether oxygens (including phenoxy) is 1. The van der Waals surface area contributed by atoms with Gasteiger partial charge in [-0.05, 0) is 68.8 Å². The molecule has 12 heteroatoms. The van der Waals surface area contributed by atoms with Crippen molar-refractivity contribution in [3.63, 3.8) is 0 Å². The normalized spacial score (nSPS) is 13.1. The Labute approximate surface area is 260 Å². The number of nitrogens with zero attached hydrogens (tertiary/aromatic N) is 5. The Morgan fingerprint density at radius 2 is 1.82 bits per heavy atom. The summed E-state index contributed by atoms with van der Waals surface area (Å²) in [6.45, 7) is 2.71. The van der Waals surface area contributed by atoms with Gasteiger partial charge in [0, 0.05) is 61.5 Å². The number of carboxylic acid groups (broad SMARTS) is 1. The number of carbonyl (C=O) groups is 1. The molecule has 1 aliphatic rings. The molecule has 0 fully saturated rings. The molecular weight excluding hydrogens is 580 g/mol. The molecule has 3 N–H and O–H groups in total. The number of fused-ring (bicyclic) bond motifs is 1. The third-order valence-electron chi connectivity index (χ3n) is 7.59. The Balaban J connectivity index is 1.18. The van der Waals surface area contributed by atoms with Gasteiger partial charge in [0.1, 0.15) is 41.7 Å². The van der Waals surface area contributed by atoms with Gasteiger partial charge in [0.25, 0.3) is 0 Å². The quantitative estimate of drug-likeness (QED) is 0.144. The molecule has 1 unspecified atom stereocenters. The van der Waals surface area contributed by atoms with E-state index < -0.39 is 23.6 Å². The standard InChI is InChI=1S/C33H37F2N7O3/c34-25-18-26(35)20-28(19-25)45-17-16-42(14-2-1-5-27-7-6-24-4-3-11-38-32(24)39-27)15-10-29(33(43)44)40-31-22-37-21-30(41-31)23-8-12-36-13-9-23/h6-9,12-13,18-22,29H,1-5,10-11,14-17H2,(H,38,39)(H,40,41)(H,43,44). The minimum absolute atomic E-state index is 0.109. The minimum Gasteiger partial charge on any atom is -0.492 e. The van der Waals surface area contributed by atoms with Crippen LogP contribution in [0.3, 0.4) is 0 Å². The molecule has 10 nitrogen and oxygen atoms in total. The Bertz CT molecular complexity index is 1540. The number of hydrogen-bond donors (Lipinski definition) is 3. The van der Waals surface area contributed by atoms with E-state index in [0.717, 1.165) is 73.9 Å². The number of carboxylic acids is 1. The van der Waals surface area contributed by atoms with Gasteiger partial charge in [0.15, 0.2) is 0 Å². The Hall–Kier alpha value is -4.71. The van der Waals surface area contributed by atoms with E-state index in [-0.39, 0.29) is 18.8 Å². The van der Waals surface area contributed by atoms with Crippen molar-refractivity contribution in [2.75, 3.05) is 43.4 Å². The molecule has 1 aromatic carbocycles. The number of nitrogens with one attached hydrogen (secondary N) is 2. The average molecular weight is 618 g/mol. The summed E-state index contributed by atoms with van der Waals surface area (Å²) < 4.78 is 32.9. The minimum atomic E-state index is -1.01. The smallest absolute Gasteiger partial charge is 0.326 e. The second-order valence-electron chi connectivity index (χ2n) is 10.9. The fraction of sp³-hybridized carbons (Fsp3) is 0.364. The van der Waals surface area contributed by atoms with Crippen molar-refractivity contribution in [1.29, 1.82) is 0 Å². The number of unbranched alkanes of at least 4 members (excludes halogenated alkanes) is 1. The predicted octanol–water partition coefficient (Wildman–Crippen LogP) is 5.23. The van der Waals surface area contributed by atoms with Crippen LogP contribution in [0, 0.1) is 11.6 Å². The number of aromatic nitrogens is 4. The van der Waals surface area contributed by atoms with Gasteiger partial charge in [-0.25, -0.2) is 23.5 Å². The van der Waals surface area contributed by atoms with E-state index in [2.05, 4.69) is 42.6 Å². The van der Waals surface area contributed by atoms with Crippen LogP contribution >= 0.6 is 0 Å². The molecule has 45 heavy (non-hydrogen) atoms. The summed E-state index contributed by atoms with van der Waals surface area (Å²) in [6, 6.07) is 10.0. The van der Waals surface area contributed by atoms with Crippen molar-refractivity contribution >= 4 is 17.6 Å². The van der Waals surface area contributed by atoms with Crippen molar-refractivity contribution in [2.24, 2.45) is 0 Å². The lowest BCUT2D eigenvalue weighted by Crippen LogP contribution is -2.37. The van der Waals surface area contributed by atoms with Crippen LogP contribution in [0.2, 0.25) is 0 Å². The Morgan fingerprint density at radius 1 is 1.00 bits per heavy atom. The first-order chi connectivity index (χ1) is 21.9. The van der Waals surface area contributed by atoms with E-state index in [1.165, 1.54) is 11.8 Å². The van der Waals surface area contributed by atoms with E-state index in [0.29, 0.717) is 31.1 Å². The largest absolute Gasteiger partial charge is 0.492 e. The Kier molecular flexibility index (Phi) is 11.2. The number of aliphatic carboxylic acids is 1. The highest BCUT2D eigenvalue weighted by atomic mass is 19.1. The highest BCUT2D eigenvalue weighted by molar-refractivity contribution is 5.77. The fourth-order valence-corrected chi connectivity index (χ4v) is 5.23. The summed E-state index contributed by atoms with van der Waals surface area (Å²) in [7, 11) is 0. The molecule has 0 amide bonds. The first kappa shape index (κ1) is 31.7. The molecule has 4 heterocycles. The van der Waals surface area contributed by atoms with Gasteiger partial charge in [-0.2, -0.15) is 0 Å². The second-order valence-corrected chi connectivity index (χ2v) is 10.9. The monoisotopic (exact) mass is 617 g/mol. The third kappa shape index (κ3) is 9.64. The zero-order chi connectivity index (χ0) is 31.4. The highest BCUT2D eigenvalue weighted by Gasteiger charge is 2.20. The lowest BCUT2D eigenvalue weighted by Gasteiger charge is -2.25. The first-order valence-electron chi connectivity index (χ1n) is 15.2. The van der Waals surface area contributed by atoms with Gasteiger partial charge < -0.3 is 20.5 Å². The zero-order valence-corrected chi connectivity index (χ0v) is 25.0. The third-order valence-corrected chi connectivity index (χ3v) is 7.59. The lowest BCUT2D eigenvalue weighted by molar-refractivity contribution is -0.138. The number of benzene rings is 1. The highest BCUT2D eigenvalue weighted by Crippen LogP contribution is 2.21. The summed E-state index contributed by atoms with van der Waals surface area (Å²) in [5.74, 6) is -0.984. The van der Waals surface area contributed by atoms with Crippen LogP contribution in [0.5, 0.6) is 5.75 Å². The molecule has 4 aromatic rings. The van der Waals surface area contributed by atoms with Crippen LogP contribution in [0.1, 0.15) is 36.9 Å². The van der Waals surface area contributed by atoms with E-state index in [1.54, 1.807) is 30.7 Å². The number of aryl methyl sites for hydroxylation is 2. The van der Waals surface area contributed by atoms with Crippen molar-refractivity contribution in [1.82, 2.24) is 24.8 Å². The molecule has 1 atom stereocenters. The molecule has 1 aliphatic heterocycles. The van der Waals surface area contributed by atoms with Crippen molar-refractivity contribution in [3.8, 4) is 17.0 Å². The van der Waals surface area contributed by atoms with Gasteiger partial charge in [0.2, 0.25) is 0 Å². The molecule has 0 spiro atoms. The first-order valence-corrected chi connectivity index (χ1v) is 15.2. The molecule has 0 saturated heterocycles. The summed E-state index contributed by atoms with van der Waals surface area (Å²) in [5, 5.41) is 16.4. The molecular formula is C33H37F2N7O3. The summed E-state index contributed by atoms with van der Waals surface area (Å²) in [5.41, 5.74) is 3.71. The number of pyridine rings is 2. The SMILES string of the molecule is O=C(O)C(CCN(CCCCc1ccc2c(n1)NCCC2)CCOc1cc(F)cc(F)c1)Nc1cncc(-c2ccncc2)n1. The molecule has 236 valence electrons. The summed E-state index contributed by atoms with van der Waals surface area (Å²) >= 11 is 0. The van der Waals surface area contributed by atoms with E-state index in [1.807, 2.05) is 0 Å². The van der Waals surface area contributed by atoms with Crippen LogP contribution in [-0.2, 0) is 17.6 Å². The topological polar surface area (TPSA) is 125 Å². The zero-order valence-electron chi connectivity index (χ0n) is 25.0. The maximum absolute atomic E-state index is 13.6. The van der Waals surface area contributed by atoms with Gasteiger partial charge in [-0.15, -0.1) is 0 Å². The number of anilines is 2.